The fourth-order valence-electron chi connectivity index (χ4n) is 3.48. The molecule has 2 atom stereocenters. The van der Waals surface area contributed by atoms with Crippen LogP contribution in [0.5, 0.6) is 0 Å². The van der Waals surface area contributed by atoms with Crippen molar-refractivity contribution in [3.8, 4) is 0 Å². The molecule has 1 amide bonds. The third-order valence-electron chi connectivity index (χ3n) is 6.22. The van der Waals surface area contributed by atoms with Crippen LogP contribution >= 0.6 is 11.6 Å². The lowest BCUT2D eigenvalue weighted by Gasteiger charge is -2.38. The predicted molar refractivity (Wildman–Crippen MR) is 128 cm³/mol. The SMILES string of the molecule is COC(=O)C1=C(C(=O)OC)[C@@H](CCO[Si](C)(C)C(C)(C)C)[C@@H](NC(C)=O)C=C1CCCCl. The normalized spacial score (nSPS) is 19.3. The molecular weight excluding hydrogens is 450 g/mol. The van der Waals surface area contributed by atoms with Crippen LogP contribution in [0.15, 0.2) is 22.8 Å². The molecule has 0 unspecified atom stereocenters. The maximum atomic E-state index is 12.9. The summed E-state index contributed by atoms with van der Waals surface area (Å²) in [5, 5.41) is 2.95. The molecular formula is C23H38ClNO6Si. The zero-order chi connectivity index (χ0) is 24.7. The first kappa shape index (κ1) is 28.4. The highest BCUT2D eigenvalue weighted by Gasteiger charge is 2.41. The Morgan fingerprint density at radius 1 is 1.12 bits per heavy atom. The molecule has 0 aliphatic heterocycles. The average Bonchev–Trinajstić information content (AvgIpc) is 2.70. The molecule has 0 aromatic heterocycles. The van der Waals surface area contributed by atoms with Gasteiger partial charge in [0.25, 0.3) is 0 Å². The number of amides is 1. The summed E-state index contributed by atoms with van der Waals surface area (Å²) in [6.45, 7) is 12.6. The molecule has 0 saturated heterocycles. The first-order chi connectivity index (χ1) is 14.8. The number of hydrogen-bond donors (Lipinski definition) is 1. The predicted octanol–water partition coefficient (Wildman–Crippen LogP) is 4.12. The van der Waals surface area contributed by atoms with E-state index >= 15 is 0 Å². The van der Waals surface area contributed by atoms with Gasteiger partial charge in [-0.1, -0.05) is 26.8 Å². The van der Waals surface area contributed by atoms with Gasteiger partial charge in [-0.3, -0.25) is 4.79 Å². The van der Waals surface area contributed by atoms with E-state index in [4.69, 9.17) is 25.5 Å². The number of carbonyl (C=O) groups is 3. The van der Waals surface area contributed by atoms with Crippen molar-refractivity contribution >= 4 is 37.8 Å². The number of methoxy groups -OCH3 is 2. The molecule has 32 heavy (non-hydrogen) atoms. The largest absolute Gasteiger partial charge is 0.466 e. The molecule has 0 bridgehead atoms. The smallest absolute Gasteiger partial charge is 0.338 e. The number of carbonyl (C=O) groups excluding carboxylic acids is 3. The van der Waals surface area contributed by atoms with Gasteiger partial charge in [0.05, 0.1) is 31.4 Å². The van der Waals surface area contributed by atoms with E-state index in [1.165, 1.54) is 21.1 Å². The van der Waals surface area contributed by atoms with Crippen LogP contribution < -0.4 is 5.32 Å². The second kappa shape index (κ2) is 12.0. The van der Waals surface area contributed by atoms with Crippen molar-refractivity contribution in [2.45, 2.75) is 71.1 Å². The molecule has 0 saturated carbocycles. The number of rotatable bonds is 10. The topological polar surface area (TPSA) is 90.9 Å². The van der Waals surface area contributed by atoms with Crippen molar-refractivity contribution < 1.29 is 28.3 Å². The van der Waals surface area contributed by atoms with Gasteiger partial charge >= 0.3 is 11.9 Å². The Labute approximate surface area is 198 Å². The van der Waals surface area contributed by atoms with Crippen molar-refractivity contribution in [3.05, 3.63) is 22.8 Å². The minimum Gasteiger partial charge on any atom is -0.466 e. The van der Waals surface area contributed by atoms with Gasteiger partial charge in [-0.25, -0.2) is 9.59 Å². The summed E-state index contributed by atoms with van der Waals surface area (Å²) in [7, 11) is 0.533. The van der Waals surface area contributed by atoms with Crippen molar-refractivity contribution in [2.24, 2.45) is 5.92 Å². The Morgan fingerprint density at radius 2 is 1.72 bits per heavy atom. The molecule has 0 radical (unpaired) electrons. The fourth-order valence-corrected chi connectivity index (χ4v) is 4.68. The van der Waals surface area contributed by atoms with Crippen molar-refractivity contribution in [1.29, 1.82) is 0 Å². The van der Waals surface area contributed by atoms with Gasteiger partial charge in [0.2, 0.25) is 5.91 Å². The third-order valence-corrected chi connectivity index (χ3v) is 11.0. The van der Waals surface area contributed by atoms with Crippen LogP contribution in [0.2, 0.25) is 18.1 Å². The number of alkyl halides is 1. The number of esters is 2. The van der Waals surface area contributed by atoms with Gasteiger partial charge in [0, 0.05) is 25.3 Å². The van der Waals surface area contributed by atoms with E-state index in [-0.39, 0.29) is 22.1 Å². The van der Waals surface area contributed by atoms with Gasteiger partial charge in [0.15, 0.2) is 8.32 Å². The van der Waals surface area contributed by atoms with Crippen molar-refractivity contribution in [2.75, 3.05) is 26.7 Å². The van der Waals surface area contributed by atoms with Crippen LogP contribution in [0.1, 0.15) is 47.0 Å². The lowest BCUT2D eigenvalue weighted by atomic mass is 9.77. The molecule has 1 aliphatic carbocycles. The molecule has 0 heterocycles. The zero-order valence-electron chi connectivity index (χ0n) is 20.6. The highest BCUT2D eigenvalue weighted by Crippen LogP contribution is 2.39. The maximum absolute atomic E-state index is 12.9. The molecule has 1 aliphatic rings. The van der Waals surface area contributed by atoms with E-state index in [0.29, 0.717) is 37.3 Å². The standard InChI is InChI=1S/C23H38ClNO6Si/c1-15(26)25-18-14-16(10-9-12-24)19(21(27)29-5)20(22(28)30-6)17(18)11-13-31-32(7,8)23(2,3)4/h14,17-18H,9-13H2,1-8H3,(H,25,26)/t17-,18-/m0/s1. The van der Waals surface area contributed by atoms with E-state index in [9.17, 15) is 14.4 Å². The number of ether oxygens (including phenoxy) is 2. The van der Waals surface area contributed by atoms with Crippen molar-refractivity contribution in [1.82, 2.24) is 5.32 Å². The lowest BCUT2D eigenvalue weighted by molar-refractivity contribution is -0.140. The Hall–Kier alpha value is -1.64. The van der Waals surface area contributed by atoms with Crippen LogP contribution in [0, 0.1) is 5.92 Å². The van der Waals surface area contributed by atoms with Gasteiger partial charge in [-0.2, -0.15) is 0 Å². The third kappa shape index (κ3) is 7.18. The van der Waals surface area contributed by atoms with E-state index in [0.717, 1.165) is 0 Å². The second-order valence-electron chi connectivity index (χ2n) is 9.49. The summed E-state index contributed by atoms with van der Waals surface area (Å²) in [4.78, 5) is 37.6. The summed E-state index contributed by atoms with van der Waals surface area (Å²) in [5.41, 5.74) is 1.03. The molecule has 7 nitrogen and oxygen atoms in total. The quantitative estimate of drug-likeness (QED) is 0.283. The molecule has 9 heteroatoms. The maximum Gasteiger partial charge on any atom is 0.338 e. The first-order valence-corrected chi connectivity index (χ1v) is 14.3. The van der Waals surface area contributed by atoms with E-state index in [2.05, 4.69) is 39.2 Å². The fraction of sp³-hybridized carbons (Fsp3) is 0.696. The molecule has 1 N–H and O–H groups in total. The molecule has 1 rings (SSSR count). The summed E-state index contributed by atoms with van der Waals surface area (Å²) < 4.78 is 16.4. The second-order valence-corrected chi connectivity index (χ2v) is 14.7. The highest BCUT2D eigenvalue weighted by molar-refractivity contribution is 6.74. The van der Waals surface area contributed by atoms with Crippen LogP contribution in [0.25, 0.3) is 0 Å². The summed E-state index contributed by atoms with van der Waals surface area (Å²) in [5.74, 6) is -1.56. The van der Waals surface area contributed by atoms with E-state index in [1.54, 1.807) is 0 Å². The summed E-state index contributed by atoms with van der Waals surface area (Å²) >= 11 is 5.87. The van der Waals surface area contributed by atoms with Crippen LogP contribution in [-0.4, -0.2) is 58.9 Å². The molecule has 0 spiro atoms. The van der Waals surface area contributed by atoms with Crippen LogP contribution in [-0.2, 0) is 28.3 Å². The van der Waals surface area contributed by atoms with Gasteiger partial charge in [-0.15, -0.1) is 11.6 Å². The molecule has 0 aromatic carbocycles. The van der Waals surface area contributed by atoms with Crippen LogP contribution in [0.3, 0.4) is 0 Å². The zero-order valence-corrected chi connectivity index (χ0v) is 22.4. The summed E-state index contributed by atoms with van der Waals surface area (Å²) in [6, 6.07) is -0.483. The van der Waals surface area contributed by atoms with Gasteiger partial charge in [0.1, 0.15) is 0 Å². The highest BCUT2D eigenvalue weighted by atomic mass is 35.5. The Bertz CT molecular complexity index is 769. The molecule has 0 fully saturated rings. The average molecular weight is 488 g/mol. The van der Waals surface area contributed by atoms with Gasteiger partial charge in [-0.05, 0) is 43.0 Å². The minimum atomic E-state index is -2.02. The first-order valence-electron chi connectivity index (χ1n) is 10.9. The number of halogens is 1. The van der Waals surface area contributed by atoms with E-state index in [1.807, 2.05) is 6.08 Å². The Balaban J connectivity index is 3.46. The lowest BCUT2D eigenvalue weighted by Crippen LogP contribution is -2.45. The Kier molecular flexibility index (Phi) is 10.6. The van der Waals surface area contributed by atoms with E-state index < -0.39 is 32.2 Å². The molecule has 0 aromatic rings. The number of nitrogens with one attached hydrogen (secondary N) is 1. The summed E-state index contributed by atoms with van der Waals surface area (Å²) in [6.07, 6.45) is 3.34. The molecule has 182 valence electrons. The monoisotopic (exact) mass is 487 g/mol. The van der Waals surface area contributed by atoms with Crippen LogP contribution in [0.4, 0.5) is 0 Å². The van der Waals surface area contributed by atoms with Crippen molar-refractivity contribution in [3.63, 3.8) is 0 Å². The van der Waals surface area contributed by atoms with Gasteiger partial charge < -0.3 is 19.2 Å². The number of hydrogen-bond acceptors (Lipinski definition) is 6. The Morgan fingerprint density at radius 3 is 2.19 bits per heavy atom. The minimum absolute atomic E-state index is 0.0312.